The van der Waals surface area contributed by atoms with Gasteiger partial charge in [-0.15, -0.1) is 0 Å². The number of carbonyl (C=O) groups is 2. The zero-order valence-corrected chi connectivity index (χ0v) is 19.5. The largest absolute Gasteiger partial charge is 0.632 e. The highest BCUT2D eigenvalue weighted by Crippen LogP contribution is 2.38. The van der Waals surface area contributed by atoms with E-state index in [1.807, 2.05) is 6.07 Å². The Balaban J connectivity index is 1.41. The minimum Gasteiger partial charge on any atom is -0.632 e. The van der Waals surface area contributed by atoms with Gasteiger partial charge in [0.05, 0.1) is 13.1 Å². The van der Waals surface area contributed by atoms with Crippen LogP contribution >= 0.6 is 11.6 Å². The number of carbonyl (C=O) groups excluding carboxylic acids is 2. The summed E-state index contributed by atoms with van der Waals surface area (Å²) in [4.78, 5) is 25.3. The summed E-state index contributed by atoms with van der Waals surface area (Å²) >= 11 is 5.91. The summed E-state index contributed by atoms with van der Waals surface area (Å²) in [6.07, 6.45) is 0.961. The number of rotatable bonds is 7. The maximum Gasteiger partial charge on any atom is 0.412 e. The number of aliphatic hydroxyl groups is 1. The van der Waals surface area contributed by atoms with Gasteiger partial charge in [-0.3, -0.25) is 5.32 Å². The number of hydroxylamine groups is 3. The first kappa shape index (κ1) is 24.2. The molecule has 0 saturated carbocycles. The zero-order chi connectivity index (χ0) is 24.3. The van der Waals surface area contributed by atoms with E-state index in [0.29, 0.717) is 34.8 Å². The van der Waals surface area contributed by atoms with Crippen LogP contribution in [0.2, 0.25) is 5.02 Å². The first-order chi connectivity index (χ1) is 16.2. The Morgan fingerprint density at radius 3 is 2.59 bits per heavy atom. The summed E-state index contributed by atoms with van der Waals surface area (Å²) < 4.78 is 10.5. The van der Waals surface area contributed by atoms with E-state index in [4.69, 9.17) is 21.1 Å². The lowest BCUT2D eigenvalue weighted by atomic mass is 9.91. The van der Waals surface area contributed by atoms with E-state index in [1.54, 1.807) is 61.5 Å². The molecule has 2 aliphatic rings. The minimum atomic E-state index is -1.84. The number of ether oxygens (including phenoxy) is 2. The molecule has 0 radical (unpaired) electrons. The Kier molecular flexibility index (Phi) is 6.95. The number of esters is 1. The highest BCUT2D eigenvalue weighted by Gasteiger charge is 2.50. The van der Waals surface area contributed by atoms with Crippen LogP contribution in [0.4, 0.5) is 10.5 Å². The molecule has 1 amide bonds. The summed E-state index contributed by atoms with van der Waals surface area (Å²) in [5.41, 5.74) is -0.286. The molecule has 2 N–H and O–H groups in total. The lowest BCUT2D eigenvalue weighted by Gasteiger charge is -2.40. The van der Waals surface area contributed by atoms with Crippen LogP contribution in [0.25, 0.3) is 0 Å². The Morgan fingerprint density at radius 1 is 1.21 bits per heavy atom. The van der Waals surface area contributed by atoms with Crippen molar-refractivity contribution >= 4 is 29.4 Å². The third kappa shape index (κ3) is 4.81. The number of quaternary nitrogens is 1. The smallest absolute Gasteiger partial charge is 0.412 e. The van der Waals surface area contributed by atoms with E-state index in [9.17, 15) is 19.9 Å². The summed E-state index contributed by atoms with van der Waals surface area (Å²) in [6.45, 7) is 2.02. The molecule has 4 rings (SSSR count). The van der Waals surface area contributed by atoms with E-state index in [0.717, 1.165) is 0 Å². The number of nitrogens with one attached hydrogen (secondary N) is 1. The van der Waals surface area contributed by atoms with Gasteiger partial charge in [0, 0.05) is 22.7 Å². The van der Waals surface area contributed by atoms with E-state index >= 15 is 0 Å². The Labute approximate surface area is 202 Å². The van der Waals surface area contributed by atoms with Crippen LogP contribution < -0.4 is 5.32 Å². The number of anilines is 1. The zero-order valence-electron chi connectivity index (χ0n) is 18.8. The molecule has 2 heterocycles. The van der Waals surface area contributed by atoms with Crippen molar-refractivity contribution in [3.8, 4) is 0 Å². The number of hydrogen-bond acceptors (Lipinski definition) is 6. The lowest BCUT2D eigenvalue weighted by molar-refractivity contribution is -0.877. The van der Waals surface area contributed by atoms with Crippen molar-refractivity contribution in [3.63, 3.8) is 0 Å². The Morgan fingerprint density at radius 2 is 1.91 bits per heavy atom. The number of fused-ring (bicyclic) bond motifs is 1. The summed E-state index contributed by atoms with van der Waals surface area (Å²) in [6, 6.07) is 14.6. The maximum absolute atomic E-state index is 13.2. The van der Waals surface area contributed by atoms with E-state index in [2.05, 4.69) is 5.32 Å². The van der Waals surface area contributed by atoms with Crippen molar-refractivity contribution in [2.24, 2.45) is 0 Å². The van der Waals surface area contributed by atoms with Crippen molar-refractivity contribution in [1.82, 2.24) is 0 Å². The second-order valence-electron chi connectivity index (χ2n) is 8.60. The number of benzene rings is 2. The molecule has 34 heavy (non-hydrogen) atoms. The van der Waals surface area contributed by atoms with Gasteiger partial charge in [-0.1, -0.05) is 48.9 Å². The Hall–Kier alpha value is -2.91. The van der Waals surface area contributed by atoms with Gasteiger partial charge >= 0.3 is 12.1 Å². The predicted molar refractivity (Wildman–Crippen MR) is 127 cm³/mol. The molecular formula is C25H27ClN2O6. The normalized spacial score (nSPS) is 25.1. The highest BCUT2D eigenvalue weighted by molar-refractivity contribution is 6.30. The average Bonchev–Trinajstić information content (AvgIpc) is 3.33. The van der Waals surface area contributed by atoms with Gasteiger partial charge in [-0.25, -0.2) is 9.59 Å². The second kappa shape index (κ2) is 9.76. The number of nitrogens with zero attached hydrogens (tertiary/aromatic N) is 1. The first-order valence-corrected chi connectivity index (χ1v) is 11.6. The molecule has 3 unspecified atom stereocenters. The van der Waals surface area contributed by atoms with Gasteiger partial charge in [-0.05, 0) is 42.3 Å². The van der Waals surface area contributed by atoms with Crippen molar-refractivity contribution < 1.29 is 28.8 Å². The standard InChI is InChI=1S/C25H27ClN2O6/c1-2-25(31,18-8-10-19(26)11-9-18)23(29)33-16-17-12-14-28(32)15-13-21(22(17)28)34-24(30)27-20-6-4-3-5-7-20/h3-12,21-22,31H,2,13-16H2,1H3,(H,27,30)/t21-,22?,25?,28?/m1/s1. The number of hydrogen-bond donors (Lipinski definition) is 2. The molecule has 0 bridgehead atoms. The number of halogens is 1. The van der Waals surface area contributed by atoms with E-state index in [1.165, 1.54) is 0 Å². The molecule has 2 aromatic rings. The molecule has 1 saturated heterocycles. The van der Waals surface area contributed by atoms with Crippen LogP contribution in [0.5, 0.6) is 0 Å². The molecule has 0 aliphatic carbocycles. The molecule has 180 valence electrons. The van der Waals surface area contributed by atoms with Gasteiger partial charge in [-0.2, -0.15) is 0 Å². The fourth-order valence-electron chi connectivity index (χ4n) is 4.62. The third-order valence-corrected chi connectivity index (χ3v) is 6.77. The number of amides is 1. The lowest BCUT2D eigenvalue weighted by Crippen LogP contribution is -2.48. The topological polar surface area (TPSA) is 108 Å². The molecule has 1 fully saturated rings. The summed E-state index contributed by atoms with van der Waals surface area (Å²) in [7, 11) is 0. The van der Waals surface area contributed by atoms with Crippen molar-refractivity contribution in [1.29, 1.82) is 0 Å². The number of para-hydroxylation sites is 1. The molecular weight excluding hydrogens is 460 g/mol. The van der Waals surface area contributed by atoms with Crippen molar-refractivity contribution in [2.75, 3.05) is 25.0 Å². The second-order valence-corrected chi connectivity index (χ2v) is 9.04. The van der Waals surface area contributed by atoms with Crippen LogP contribution in [0.3, 0.4) is 0 Å². The fourth-order valence-corrected chi connectivity index (χ4v) is 4.74. The predicted octanol–water partition coefficient (Wildman–Crippen LogP) is 4.13. The van der Waals surface area contributed by atoms with Crippen molar-refractivity contribution in [3.05, 3.63) is 82.0 Å². The van der Waals surface area contributed by atoms with Crippen LogP contribution in [-0.4, -0.2) is 53.7 Å². The van der Waals surface area contributed by atoms with Gasteiger partial charge in [0.1, 0.15) is 6.61 Å². The highest BCUT2D eigenvalue weighted by atomic mass is 35.5. The van der Waals surface area contributed by atoms with E-state index < -0.39 is 34.5 Å². The molecule has 8 nitrogen and oxygen atoms in total. The Bertz CT molecular complexity index is 1080. The molecule has 9 heteroatoms. The molecule has 4 atom stereocenters. The van der Waals surface area contributed by atoms with Gasteiger partial charge in [0.2, 0.25) is 0 Å². The maximum atomic E-state index is 13.2. The first-order valence-electron chi connectivity index (χ1n) is 11.2. The molecule has 2 aliphatic heterocycles. The average molecular weight is 487 g/mol. The van der Waals surface area contributed by atoms with Gasteiger partial charge in [0.15, 0.2) is 17.7 Å². The SMILES string of the molecule is CCC(O)(C(=O)OCC1=CC[N+]2([O-])CC[C@@H](OC(=O)Nc3ccccc3)C12)c1ccc(Cl)cc1. The molecule has 2 aromatic carbocycles. The minimum absolute atomic E-state index is 0.100. The van der Waals surface area contributed by atoms with Crippen LogP contribution in [-0.2, 0) is 19.9 Å². The third-order valence-electron chi connectivity index (χ3n) is 6.51. The van der Waals surface area contributed by atoms with Crippen LogP contribution in [0.15, 0.2) is 66.2 Å². The molecule has 0 aromatic heterocycles. The van der Waals surface area contributed by atoms with Crippen molar-refractivity contribution in [2.45, 2.75) is 37.5 Å². The molecule has 0 spiro atoms. The summed E-state index contributed by atoms with van der Waals surface area (Å²) in [5.74, 6) is -0.814. The van der Waals surface area contributed by atoms with Crippen LogP contribution in [0.1, 0.15) is 25.3 Å². The monoisotopic (exact) mass is 486 g/mol. The quantitative estimate of drug-likeness (QED) is 0.264. The van der Waals surface area contributed by atoms with Gasteiger partial charge in [0.25, 0.3) is 0 Å². The fraction of sp³-hybridized carbons (Fsp3) is 0.360. The summed E-state index contributed by atoms with van der Waals surface area (Å²) in [5, 5.41) is 27.4. The van der Waals surface area contributed by atoms with Gasteiger partial charge < -0.3 is 24.4 Å². The van der Waals surface area contributed by atoms with Crippen LogP contribution in [0, 0.1) is 5.21 Å². The van der Waals surface area contributed by atoms with E-state index in [-0.39, 0.29) is 19.6 Å².